The molecule has 0 bridgehead atoms. The van der Waals surface area contributed by atoms with E-state index in [1.165, 1.54) is 6.07 Å². The molecule has 3 nitrogen and oxygen atoms in total. The Morgan fingerprint density at radius 3 is 2.84 bits per heavy atom. The Morgan fingerprint density at radius 2 is 2.21 bits per heavy atom. The van der Waals surface area contributed by atoms with Gasteiger partial charge in [0.15, 0.2) is 0 Å². The molecule has 0 saturated heterocycles. The van der Waals surface area contributed by atoms with E-state index in [4.69, 9.17) is 11.6 Å². The van der Waals surface area contributed by atoms with Gasteiger partial charge in [-0.25, -0.2) is 4.39 Å². The molecule has 1 amide bonds. The van der Waals surface area contributed by atoms with Crippen LogP contribution in [0.4, 0.5) is 4.39 Å². The highest BCUT2D eigenvalue weighted by Crippen LogP contribution is 2.18. The molecular formula is C14H20ClFN2O. The van der Waals surface area contributed by atoms with Crippen LogP contribution in [0, 0.1) is 5.82 Å². The third-order valence-corrected chi connectivity index (χ3v) is 3.27. The monoisotopic (exact) mass is 286 g/mol. The largest absolute Gasteiger partial charge is 0.354 e. The quantitative estimate of drug-likeness (QED) is 0.757. The van der Waals surface area contributed by atoms with E-state index in [-0.39, 0.29) is 17.8 Å². The van der Waals surface area contributed by atoms with E-state index in [9.17, 15) is 9.18 Å². The minimum Gasteiger partial charge on any atom is -0.354 e. The zero-order chi connectivity index (χ0) is 14.3. The van der Waals surface area contributed by atoms with E-state index < -0.39 is 0 Å². The molecule has 2 N–H and O–H groups in total. The molecular weight excluding hydrogens is 267 g/mol. The molecule has 1 aromatic carbocycles. The fraction of sp³-hybridized carbons (Fsp3) is 0.500. The van der Waals surface area contributed by atoms with Gasteiger partial charge in [-0.3, -0.25) is 4.79 Å². The second-order valence-corrected chi connectivity index (χ2v) is 4.91. The third-order valence-electron chi connectivity index (χ3n) is 2.91. The number of benzene rings is 1. The molecule has 1 aromatic rings. The molecule has 0 spiro atoms. The highest BCUT2D eigenvalue weighted by molar-refractivity contribution is 6.31. The maximum absolute atomic E-state index is 13.5. The van der Waals surface area contributed by atoms with Crippen LogP contribution < -0.4 is 10.6 Å². The van der Waals surface area contributed by atoms with Gasteiger partial charge in [0.25, 0.3) is 0 Å². The molecule has 0 heterocycles. The van der Waals surface area contributed by atoms with Crippen molar-refractivity contribution < 1.29 is 9.18 Å². The Balaban J connectivity index is 2.29. The van der Waals surface area contributed by atoms with E-state index in [0.29, 0.717) is 30.1 Å². The summed E-state index contributed by atoms with van der Waals surface area (Å²) >= 11 is 5.90. The van der Waals surface area contributed by atoms with Gasteiger partial charge in [-0.05, 0) is 25.5 Å². The van der Waals surface area contributed by atoms with Crippen LogP contribution in [-0.2, 0) is 11.3 Å². The molecule has 0 aromatic heterocycles. The van der Waals surface area contributed by atoms with Crippen LogP contribution in [0.3, 0.4) is 0 Å². The van der Waals surface area contributed by atoms with Crippen molar-refractivity contribution in [1.29, 1.82) is 0 Å². The standard InChI is InChI=1S/C14H20ClFN2O/c1-3-10(2)18-14(19)7-8-17-9-11-12(15)5-4-6-13(11)16/h4-6,10,17H,3,7-9H2,1-2H3,(H,18,19). The van der Waals surface area contributed by atoms with Gasteiger partial charge in [0, 0.05) is 36.1 Å². The number of hydrogen-bond donors (Lipinski definition) is 2. The number of nitrogens with one attached hydrogen (secondary N) is 2. The molecule has 0 saturated carbocycles. The van der Waals surface area contributed by atoms with Gasteiger partial charge in [0.1, 0.15) is 5.82 Å². The van der Waals surface area contributed by atoms with Crippen LogP contribution in [0.5, 0.6) is 0 Å². The fourth-order valence-corrected chi connectivity index (χ4v) is 1.80. The number of carbonyl (C=O) groups excluding carboxylic acids is 1. The second kappa shape index (κ2) is 8.12. The first kappa shape index (κ1) is 15.9. The van der Waals surface area contributed by atoms with Gasteiger partial charge in [0.2, 0.25) is 5.91 Å². The lowest BCUT2D eigenvalue weighted by Crippen LogP contribution is -2.33. The van der Waals surface area contributed by atoms with Crippen molar-refractivity contribution in [1.82, 2.24) is 10.6 Å². The summed E-state index contributed by atoms with van der Waals surface area (Å²) < 4.78 is 13.5. The smallest absolute Gasteiger partial charge is 0.221 e. The summed E-state index contributed by atoms with van der Waals surface area (Å²) in [6.07, 6.45) is 1.28. The summed E-state index contributed by atoms with van der Waals surface area (Å²) in [6.45, 7) is 4.79. The molecule has 0 radical (unpaired) electrons. The number of hydrogen-bond acceptors (Lipinski definition) is 2. The molecule has 1 unspecified atom stereocenters. The predicted molar refractivity (Wildman–Crippen MR) is 75.6 cm³/mol. The third kappa shape index (κ3) is 5.57. The molecule has 19 heavy (non-hydrogen) atoms. The summed E-state index contributed by atoms with van der Waals surface area (Å²) in [6, 6.07) is 4.78. The molecule has 106 valence electrons. The van der Waals surface area contributed by atoms with Gasteiger partial charge in [-0.1, -0.05) is 24.6 Å². The minimum absolute atomic E-state index is 0.00137. The molecule has 0 fully saturated rings. The average Bonchev–Trinajstić information content (AvgIpc) is 2.37. The van der Waals surface area contributed by atoms with Gasteiger partial charge >= 0.3 is 0 Å². The SMILES string of the molecule is CCC(C)NC(=O)CCNCc1c(F)cccc1Cl. The van der Waals surface area contributed by atoms with Crippen molar-refractivity contribution in [3.8, 4) is 0 Å². The number of amides is 1. The lowest BCUT2D eigenvalue weighted by molar-refractivity contribution is -0.121. The molecule has 1 atom stereocenters. The van der Waals surface area contributed by atoms with E-state index in [0.717, 1.165) is 6.42 Å². The van der Waals surface area contributed by atoms with Crippen molar-refractivity contribution in [2.24, 2.45) is 0 Å². The average molecular weight is 287 g/mol. The Bertz CT molecular complexity index is 406. The molecule has 0 aliphatic heterocycles. The van der Waals surface area contributed by atoms with Crippen molar-refractivity contribution in [2.75, 3.05) is 6.54 Å². The summed E-state index contributed by atoms with van der Waals surface area (Å²) in [7, 11) is 0. The minimum atomic E-state index is -0.330. The topological polar surface area (TPSA) is 41.1 Å². The zero-order valence-electron chi connectivity index (χ0n) is 11.3. The summed E-state index contributed by atoms with van der Waals surface area (Å²) in [5.41, 5.74) is 0.437. The predicted octanol–water partition coefficient (Wildman–Crippen LogP) is 2.87. The number of rotatable bonds is 7. The van der Waals surface area contributed by atoms with E-state index in [1.807, 2.05) is 13.8 Å². The summed E-state index contributed by atoms with van der Waals surface area (Å²) in [4.78, 5) is 11.5. The first-order chi connectivity index (χ1) is 9.04. The van der Waals surface area contributed by atoms with Crippen LogP contribution in [0.15, 0.2) is 18.2 Å². The van der Waals surface area contributed by atoms with Crippen LogP contribution in [0.25, 0.3) is 0 Å². The zero-order valence-corrected chi connectivity index (χ0v) is 12.1. The van der Waals surface area contributed by atoms with Crippen molar-refractivity contribution in [2.45, 2.75) is 39.3 Å². The van der Waals surface area contributed by atoms with Gasteiger partial charge in [0.05, 0.1) is 0 Å². The normalized spacial score (nSPS) is 12.2. The Labute approximate surface area is 118 Å². The number of halogens is 2. The Hall–Kier alpha value is -1.13. The first-order valence-corrected chi connectivity index (χ1v) is 6.85. The lowest BCUT2D eigenvalue weighted by atomic mass is 10.2. The van der Waals surface area contributed by atoms with Gasteiger partial charge in [-0.2, -0.15) is 0 Å². The van der Waals surface area contributed by atoms with Gasteiger partial charge < -0.3 is 10.6 Å². The fourth-order valence-electron chi connectivity index (χ4n) is 1.57. The van der Waals surface area contributed by atoms with Crippen molar-refractivity contribution >= 4 is 17.5 Å². The molecule has 5 heteroatoms. The Kier molecular flexibility index (Phi) is 6.81. The van der Waals surface area contributed by atoms with Crippen molar-refractivity contribution in [3.63, 3.8) is 0 Å². The van der Waals surface area contributed by atoms with E-state index >= 15 is 0 Å². The maximum Gasteiger partial charge on any atom is 0.221 e. The van der Waals surface area contributed by atoms with Crippen LogP contribution >= 0.6 is 11.6 Å². The highest BCUT2D eigenvalue weighted by Gasteiger charge is 2.07. The number of carbonyl (C=O) groups is 1. The van der Waals surface area contributed by atoms with Crippen molar-refractivity contribution in [3.05, 3.63) is 34.6 Å². The van der Waals surface area contributed by atoms with Crippen LogP contribution in [-0.4, -0.2) is 18.5 Å². The first-order valence-electron chi connectivity index (χ1n) is 6.47. The van der Waals surface area contributed by atoms with E-state index in [1.54, 1.807) is 12.1 Å². The second-order valence-electron chi connectivity index (χ2n) is 4.50. The summed E-state index contributed by atoms with van der Waals surface area (Å²) in [5, 5.41) is 6.29. The lowest BCUT2D eigenvalue weighted by Gasteiger charge is -2.12. The maximum atomic E-state index is 13.5. The summed E-state index contributed by atoms with van der Waals surface area (Å²) in [5.74, 6) is -0.328. The molecule has 0 aliphatic rings. The highest BCUT2D eigenvalue weighted by atomic mass is 35.5. The molecule has 0 aliphatic carbocycles. The molecule has 1 rings (SSSR count). The van der Waals surface area contributed by atoms with Crippen LogP contribution in [0.1, 0.15) is 32.3 Å². The van der Waals surface area contributed by atoms with Gasteiger partial charge in [-0.15, -0.1) is 0 Å². The Morgan fingerprint density at radius 1 is 1.47 bits per heavy atom. The van der Waals surface area contributed by atoms with Crippen LogP contribution in [0.2, 0.25) is 5.02 Å². The van der Waals surface area contributed by atoms with E-state index in [2.05, 4.69) is 10.6 Å².